The van der Waals surface area contributed by atoms with Crippen molar-refractivity contribution in [3.8, 4) is 11.3 Å². The van der Waals surface area contributed by atoms with Gasteiger partial charge in [0.1, 0.15) is 11.5 Å². The fraction of sp³-hybridized carbons (Fsp3) is 0.375. The van der Waals surface area contributed by atoms with Gasteiger partial charge in [-0.25, -0.2) is 0 Å². The molecular formula is C24H24ClN3O4S. The highest BCUT2D eigenvalue weighted by atomic mass is 35.5. The molecule has 2 aromatic heterocycles. The maximum absolute atomic E-state index is 13.2. The van der Waals surface area contributed by atoms with Gasteiger partial charge >= 0.3 is 0 Å². The highest BCUT2D eigenvalue weighted by Crippen LogP contribution is 2.35. The van der Waals surface area contributed by atoms with E-state index < -0.39 is 5.41 Å². The number of carbonyl (C=O) groups is 2. The average molecular weight is 486 g/mol. The SMILES string of the molecule is CC(C)(CC(=O)N1CCOCC1)CN1C(=O)c2cc3oc(-c4ccc(Cl)cc4)cc3n2C1=S. The fourth-order valence-corrected chi connectivity index (χ4v) is 4.89. The van der Waals surface area contributed by atoms with Crippen molar-refractivity contribution in [2.75, 3.05) is 32.8 Å². The summed E-state index contributed by atoms with van der Waals surface area (Å²) in [6.45, 7) is 6.67. The molecule has 172 valence electrons. The van der Waals surface area contributed by atoms with Crippen molar-refractivity contribution in [1.29, 1.82) is 0 Å². The van der Waals surface area contributed by atoms with Crippen LogP contribution in [0.5, 0.6) is 0 Å². The lowest BCUT2D eigenvalue weighted by Gasteiger charge is -2.33. The molecule has 0 bridgehead atoms. The summed E-state index contributed by atoms with van der Waals surface area (Å²) in [5.74, 6) is 0.578. The molecule has 0 unspecified atom stereocenters. The quantitative estimate of drug-likeness (QED) is 0.500. The number of hydrogen-bond donors (Lipinski definition) is 0. The molecule has 3 aromatic rings. The summed E-state index contributed by atoms with van der Waals surface area (Å²) < 4.78 is 13.1. The van der Waals surface area contributed by atoms with Crippen LogP contribution in [0.2, 0.25) is 5.02 Å². The molecule has 0 spiro atoms. The number of aromatic nitrogens is 1. The number of nitrogens with zero attached hydrogens (tertiary/aromatic N) is 3. The number of morpholine rings is 1. The molecule has 7 nitrogen and oxygen atoms in total. The van der Waals surface area contributed by atoms with Crippen LogP contribution in [0, 0.1) is 5.41 Å². The van der Waals surface area contributed by atoms with Crippen molar-refractivity contribution in [3.05, 3.63) is 47.1 Å². The lowest BCUT2D eigenvalue weighted by atomic mass is 9.88. The maximum Gasteiger partial charge on any atom is 0.277 e. The minimum absolute atomic E-state index is 0.0744. The van der Waals surface area contributed by atoms with E-state index in [1.165, 1.54) is 0 Å². The van der Waals surface area contributed by atoms with Gasteiger partial charge < -0.3 is 14.1 Å². The van der Waals surface area contributed by atoms with Crippen LogP contribution in [0.25, 0.3) is 22.4 Å². The second kappa shape index (κ2) is 8.27. The summed E-state index contributed by atoms with van der Waals surface area (Å²) in [5.41, 5.74) is 2.28. The maximum atomic E-state index is 13.2. The van der Waals surface area contributed by atoms with Gasteiger partial charge in [0, 0.05) is 48.8 Å². The summed E-state index contributed by atoms with van der Waals surface area (Å²) in [6.07, 6.45) is 0.329. The first-order chi connectivity index (χ1) is 15.7. The normalized spacial score (nSPS) is 16.7. The number of halogens is 1. The highest BCUT2D eigenvalue weighted by Gasteiger charge is 2.39. The van der Waals surface area contributed by atoms with Crippen molar-refractivity contribution in [3.63, 3.8) is 0 Å². The highest BCUT2D eigenvalue weighted by molar-refractivity contribution is 7.80. The monoisotopic (exact) mass is 485 g/mol. The summed E-state index contributed by atoms with van der Waals surface area (Å²) in [6, 6.07) is 11.0. The Morgan fingerprint density at radius 2 is 1.85 bits per heavy atom. The van der Waals surface area contributed by atoms with Crippen LogP contribution in [0.3, 0.4) is 0 Å². The van der Waals surface area contributed by atoms with E-state index in [4.69, 9.17) is 33.0 Å². The zero-order valence-corrected chi connectivity index (χ0v) is 20.0. The van der Waals surface area contributed by atoms with Crippen LogP contribution in [-0.4, -0.2) is 64.1 Å². The Kier molecular flexibility index (Phi) is 5.55. The lowest BCUT2D eigenvalue weighted by Crippen LogP contribution is -2.45. The van der Waals surface area contributed by atoms with Crippen molar-refractivity contribution in [2.45, 2.75) is 20.3 Å². The first-order valence-electron chi connectivity index (χ1n) is 10.9. The lowest BCUT2D eigenvalue weighted by molar-refractivity contribution is -0.137. The molecule has 0 atom stereocenters. The molecule has 2 amide bonds. The number of fused-ring (bicyclic) bond motifs is 3. The van der Waals surface area contributed by atoms with Gasteiger partial charge in [0.05, 0.1) is 18.7 Å². The van der Waals surface area contributed by atoms with Gasteiger partial charge in [0.25, 0.3) is 5.91 Å². The van der Waals surface area contributed by atoms with E-state index in [-0.39, 0.29) is 11.8 Å². The smallest absolute Gasteiger partial charge is 0.277 e. The van der Waals surface area contributed by atoms with Crippen molar-refractivity contribution >= 4 is 51.8 Å². The Balaban J connectivity index is 1.36. The number of carbonyl (C=O) groups excluding carboxylic acids is 2. The number of thiocarbonyl (C=S) groups is 1. The van der Waals surface area contributed by atoms with Gasteiger partial charge in [0.15, 0.2) is 10.7 Å². The second-order valence-electron chi connectivity index (χ2n) is 9.24. The number of ether oxygens (including phenoxy) is 1. The van der Waals surface area contributed by atoms with Crippen molar-refractivity contribution in [2.24, 2.45) is 5.41 Å². The summed E-state index contributed by atoms with van der Waals surface area (Å²) >= 11 is 11.7. The zero-order valence-electron chi connectivity index (χ0n) is 18.5. The number of hydrogen-bond acceptors (Lipinski definition) is 5. The molecule has 0 radical (unpaired) electrons. The molecule has 1 aromatic carbocycles. The Morgan fingerprint density at radius 3 is 2.55 bits per heavy atom. The second-order valence-corrected chi connectivity index (χ2v) is 10.0. The minimum Gasteiger partial charge on any atom is -0.454 e. The third-order valence-electron chi connectivity index (χ3n) is 6.08. The largest absolute Gasteiger partial charge is 0.454 e. The van der Waals surface area contributed by atoms with Gasteiger partial charge in [-0.15, -0.1) is 0 Å². The Hall–Kier alpha value is -2.68. The van der Waals surface area contributed by atoms with E-state index in [9.17, 15) is 9.59 Å². The molecular weight excluding hydrogens is 462 g/mol. The molecule has 0 aliphatic carbocycles. The standard InChI is InChI=1S/C24H24ClN3O4S/c1-24(2,13-21(29)26-7-9-31-10-8-26)14-27-22(30)18-12-20-17(28(18)23(27)33)11-19(32-20)15-3-5-16(25)6-4-15/h3-6,11-12H,7-10,13-14H2,1-2H3. The molecule has 2 aliphatic heterocycles. The van der Waals surface area contributed by atoms with E-state index >= 15 is 0 Å². The molecule has 1 fully saturated rings. The summed E-state index contributed by atoms with van der Waals surface area (Å²) in [7, 11) is 0. The predicted octanol–water partition coefficient (Wildman–Crippen LogP) is 4.42. The fourth-order valence-electron chi connectivity index (χ4n) is 4.42. The van der Waals surface area contributed by atoms with Crippen molar-refractivity contribution < 1.29 is 18.7 Å². The first kappa shape index (κ1) is 22.1. The average Bonchev–Trinajstić information content (AvgIpc) is 3.41. The number of amides is 2. The molecule has 5 rings (SSSR count). The van der Waals surface area contributed by atoms with Crippen LogP contribution >= 0.6 is 23.8 Å². The number of rotatable bonds is 5. The van der Waals surface area contributed by atoms with Crippen LogP contribution in [0.4, 0.5) is 0 Å². The Bertz CT molecular complexity index is 1250. The van der Waals surface area contributed by atoms with Gasteiger partial charge in [-0.2, -0.15) is 0 Å². The molecule has 0 N–H and O–H groups in total. The van der Waals surface area contributed by atoms with Gasteiger partial charge in [-0.05, 0) is 41.9 Å². The van der Waals surface area contributed by atoms with E-state index in [2.05, 4.69) is 0 Å². The molecule has 1 saturated heterocycles. The van der Waals surface area contributed by atoms with Gasteiger partial charge in [0.2, 0.25) is 5.91 Å². The third kappa shape index (κ3) is 4.07. The Morgan fingerprint density at radius 1 is 1.15 bits per heavy atom. The van der Waals surface area contributed by atoms with Crippen LogP contribution in [0.15, 0.2) is 40.8 Å². The minimum atomic E-state index is -0.441. The van der Waals surface area contributed by atoms with E-state index in [1.807, 2.05) is 36.9 Å². The van der Waals surface area contributed by atoms with Crippen molar-refractivity contribution in [1.82, 2.24) is 14.4 Å². The summed E-state index contributed by atoms with van der Waals surface area (Å²) in [5, 5.41) is 1.05. The summed E-state index contributed by atoms with van der Waals surface area (Å²) in [4.78, 5) is 29.4. The van der Waals surface area contributed by atoms with Crippen LogP contribution < -0.4 is 0 Å². The number of benzene rings is 1. The zero-order chi connectivity index (χ0) is 23.3. The molecule has 2 aliphatic rings. The van der Waals surface area contributed by atoms with E-state index in [0.29, 0.717) is 66.4 Å². The first-order valence-corrected chi connectivity index (χ1v) is 11.7. The molecule has 4 heterocycles. The van der Waals surface area contributed by atoms with Gasteiger partial charge in [-0.1, -0.05) is 25.4 Å². The van der Waals surface area contributed by atoms with E-state index in [1.54, 1.807) is 27.7 Å². The molecule has 33 heavy (non-hydrogen) atoms. The Labute approximate surface area is 201 Å². The third-order valence-corrected chi connectivity index (χ3v) is 6.74. The van der Waals surface area contributed by atoms with Crippen LogP contribution in [0.1, 0.15) is 30.8 Å². The van der Waals surface area contributed by atoms with E-state index in [0.717, 1.165) is 11.1 Å². The molecule has 0 saturated carbocycles. The molecule has 9 heteroatoms. The van der Waals surface area contributed by atoms with Gasteiger partial charge in [-0.3, -0.25) is 19.1 Å². The number of furan rings is 1. The van der Waals surface area contributed by atoms with Crippen LogP contribution in [-0.2, 0) is 9.53 Å². The predicted molar refractivity (Wildman–Crippen MR) is 129 cm³/mol. The topological polar surface area (TPSA) is 67.9 Å².